The monoisotopic (exact) mass is 756 g/mol. The van der Waals surface area contributed by atoms with Crippen molar-refractivity contribution >= 4 is 17.8 Å². The van der Waals surface area contributed by atoms with Crippen LogP contribution in [0.15, 0.2) is 106 Å². The quantitative estimate of drug-likeness (QED) is 0.0403. The lowest BCUT2D eigenvalue weighted by Crippen LogP contribution is -2.29. The Morgan fingerprint density at radius 3 is 1.32 bits per heavy atom. The van der Waals surface area contributed by atoms with Gasteiger partial charge in [0.25, 0.3) is 31.6 Å². The Hall–Kier alpha value is -6.37. The number of methoxy groups -OCH3 is 1. The fourth-order valence-corrected chi connectivity index (χ4v) is 3.64. The summed E-state index contributed by atoms with van der Waals surface area (Å²) in [6.07, 6.45) is -10.1. The zero-order valence-electron chi connectivity index (χ0n) is 27.0. The second-order valence-corrected chi connectivity index (χ2v) is 9.88. The first-order valence-electron chi connectivity index (χ1n) is 14.5. The number of ether oxygens (including phenoxy) is 1. The molecule has 0 spiro atoms. The molecule has 282 valence electrons. The van der Waals surface area contributed by atoms with Gasteiger partial charge in [-0.1, -0.05) is 48.5 Å². The summed E-state index contributed by atoms with van der Waals surface area (Å²) in [6.45, 7) is 0. The van der Waals surface area contributed by atoms with Gasteiger partial charge >= 0.3 is 17.7 Å². The lowest BCUT2D eigenvalue weighted by atomic mass is 10.1. The number of rotatable bonds is 8. The van der Waals surface area contributed by atoms with Gasteiger partial charge in [-0.05, 0) is 48.5 Å². The Balaban J connectivity index is 0.000000245. The van der Waals surface area contributed by atoms with E-state index < -0.39 is 49.3 Å². The van der Waals surface area contributed by atoms with Crippen LogP contribution in [0.5, 0.6) is 0 Å². The third kappa shape index (κ3) is 14.0. The Bertz CT molecular complexity index is 1870. The summed E-state index contributed by atoms with van der Waals surface area (Å²) in [6, 6.07) is 19.9. The molecule has 53 heavy (non-hydrogen) atoms. The van der Waals surface area contributed by atoms with Crippen LogP contribution in [0, 0.1) is 0 Å². The van der Waals surface area contributed by atoms with Gasteiger partial charge in [0.2, 0.25) is 5.89 Å². The van der Waals surface area contributed by atoms with E-state index in [1.54, 1.807) is 0 Å². The first-order chi connectivity index (χ1) is 25.1. The van der Waals surface area contributed by atoms with E-state index in [4.69, 9.17) is 10.9 Å². The van der Waals surface area contributed by atoms with Gasteiger partial charge in [-0.2, -0.15) is 0 Å². The number of carbonyl (C=O) groups excluding carboxylic acids is 2. The zero-order valence-corrected chi connectivity index (χ0v) is 27.0. The van der Waals surface area contributed by atoms with E-state index in [0.717, 1.165) is 24.3 Å². The van der Waals surface area contributed by atoms with Gasteiger partial charge in [0.15, 0.2) is 0 Å². The van der Waals surface area contributed by atoms with E-state index >= 15 is 0 Å². The number of aromatic amines is 1. The van der Waals surface area contributed by atoms with Crippen LogP contribution < -0.4 is 17.0 Å². The number of amides is 1. The standard InChI is InChI=1S/C9H6F2N2O2.C9H8F2O2.C8H8F2N2O.C8H6F2O2/c10-7(11)5-1-3-6(4-2-5)8-12-13-9(14)15-8;1-13-9(12)7-4-2-6(3-5-7)8(10)11;9-7(10)5-1-3-6(4-2-5)8(13)12-11;9-7(10)5-1-3-6(4-2-5)8(11)12/h1-4,7H,(H,13,14);2-5,8H,1H3;1-4,7H,11H2,(H,12,13);1-4,7H,(H,11,12). The molecule has 5 N–H and O–H groups in total. The Morgan fingerprint density at radius 1 is 0.660 bits per heavy atom. The van der Waals surface area contributed by atoms with E-state index in [1.807, 2.05) is 5.43 Å². The maximum Gasteiger partial charge on any atom is 0.434 e. The van der Waals surface area contributed by atoms with Crippen molar-refractivity contribution in [3.63, 3.8) is 0 Å². The SMILES string of the molecule is COC(=O)c1ccc(C(F)F)cc1.NNC(=O)c1ccc(C(F)F)cc1.O=C(O)c1ccc(C(F)F)cc1.O=c1[nH]nc(-c2ccc(C(F)F)cc2)o1. The summed E-state index contributed by atoms with van der Waals surface area (Å²) in [4.78, 5) is 42.7. The molecule has 0 radical (unpaired) electrons. The predicted molar refractivity (Wildman–Crippen MR) is 172 cm³/mol. The molecule has 0 aliphatic heterocycles. The van der Waals surface area contributed by atoms with Gasteiger partial charge in [0.05, 0.1) is 18.2 Å². The fourth-order valence-electron chi connectivity index (χ4n) is 3.64. The number of benzene rings is 4. The molecule has 5 rings (SSSR count). The summed E-state index contributed by atoms with van der Waals surface area (Å²) in [5.41, 5.74) is 2.44. The van der Waals surface area contributed by atoms with E-state index in [1.165, 1.54) is 79.9 Å². The average molecular weight is 757 g/mol. The number of hydrogen-bond donors (Lipinski definition) is 4. The summed E-state index contributed by atoms with van der Waals surface area (Å²) < 4.78 is 106. The van der Waals surface area contributed by atoms with Crippen molar-refractivity contribution in [3.05, 3.63) is 147 Å². The molecule has 0 fully saturated rings. The van der Waals surface area contributed by atoms with Gasteiger partial charge in [-0.3, -0.25) is 10.2 Å². The second kappa shape index (κ2) is 21.1. The minimum absolute atomic E-state index is 0.0133. The van der Waals surface area contributed by atoms with Gasteiger partial charge in [0, 0.05) is 33.4 Å². The number of aromatic carboxylic acids is 1. The number of aromatic nitrogens is 2. The maximum atomic E-state index is 12.2. The van der Waals surface area contributed by atoms with Crippen LogP contribution in [0.3, 0.4) is 0 Å². The molecule has 0 unspecified atom stereocenters. The van der Waals surface area contributed by atoms with Crippen LogP contribution in [-0.4, -0.2) is 40.3 Å². The molecule has 0 bridgehead atoms. The largest absolute Gasteiger partial charge is 0.478 e. The third-order valence-electron chi connectivity index (χ3n) is 6.40. The normalized spacial score (nSPS) is 10.4. The predicted octanol–water partition coefficient (Wildman–Crippen LogP) is 7.93. The number of nitrogen functional groups attached to an aromatic ring is 1. The lowest BCUT2D eigenvalue weighted by Gasteiger charge is -2.01. The number of halogens is 8. The molecular weight excluding hydrogens is 728 g/mol. The molecule has 0 saturated heterocycles. The van der Waals surface area contributed by atoms with Crippen molar-refractivity contribution < 1.29 is 63.8 Å². The molecular formula is C34H28F8N4O7. The van der Waals surface area contributed by atoms with Gasteiger partial charge in [-0.25, -0.2) is 60.4 Å². The Kier molecular flexibility index (Phi) is 17.0. The van der Waals surface area contributed by atoms with Crippen molar-refractivity contribution in [2.75, 3.05) is 7.11 Å². The molecule has 4 aromatic carbocycles. The number of alkyl halides is 8. The summed E-state index contributed by atoms with van der Waals surface area (Å²) in [5.74, 6) is 2.12. The number of nitrogens with zero attached hydrogens (tertiary/aromatic N) is 1. The van der Waals surface area contributed by atoms with Gasteiger partial charge < -0.3 is 14.3 Å². The molecule has 5 aromatic rings. The second-order valence-electron chi connectivity index (χ2n) is 9.88. The molecule has 11 nitrogen and oxygen atoms in total. The fraction of sp³-hybridized carbons (Fsp3) is 0.147. The van der Waals surface area contributed by atoms with Crippen LogP contribution in [0.1, 0.15) is 79.0 Å². The van der Waals surface area contributed by atoms with Crippen LogP contribution in [-0.2, 0) is 4.74 Å². The summed E-state index contributed by atoms with van der Waals surface area (Å²) in [5, 5.41) is 14.1. The van der Waals surface area contributed by atoms with E-state index in [9.17, 15) is 54.3 Å². The highest BCUT2D eigenvalue weighted by Gasteiger charge is 2.11. The number of H-pyrrole nitrogens is 1. The third-order valence-corrected chi connectivity index (χ3v) is 6.40. The molecule has 0 aliphatic carbocycles. The molecule has 0 aliphatic rings. The lowest BCUT2D eigenvalue weighted by molar-refractivity contribution is 0.0599. The molecule has 1 aromatic heterocycles. The number of carboxylic acid groups (broad SMARTS) is 1. The smallest absolute Gasteiger partial charge is 0.434 e. The van der Waals surface area contributed by atoms with E-state index in [2.05, 4.69) is 19.4 Å². The van der Waals surface area contributed by atoms with Gasteiger partial charge in [0.1, 0.15) is 0 Å². The molecule has 1 heterocycles. The van der Waals surface area contributed by atoms with Crippen molar-refractivity contribution in [2.45, 2.75) is 25.7 Å². The van der Waals surface area contributed by atoms with E-state index in [0.29, 0.717) is 5.56 Å². The first-order valence-corrected chi connectivity index (χ1v) is 14.5. The van der Waals surface area contributed by atoms with Crippen molar-refractivity contribution in [2.24, 2.45) is 5.84 Å². The van der Waals surface area contributed by atoms with E-state index in [-0.39, 0.29) is 44.8 Å². The molecule has 0 atom stereocenters. The number of carbonyl (C=O) groups is 3. The number of hydrogen-bond acceptors (Lipinski definition) is 8. The maximum absolute atomic E-state index is 12.2. The van der Waals surface area contributed by atoms with Crippen LogP contribution >= 0.6 is 0 Å². The Morgan fingerprint density at radius 2 is 1.02 bits per heavy atom. The Labute approximate surface area is 294 Å². The minimum atomic E-state index is -2.55. The zero-order chi connectivity index (χ0) is 39.7. The number of hydrazine groups is 1. The highest BCUT2D eigenvalue weighted by molar-refractivity contribution is 5.93. The van der Waals surface area contributed by atoms with Crippen LogP contribution in [0.25, 0.3) is 11.5 Å². The number of esters is 1. The van der Waals surface area contributed by atoms with Gasteiger partial charge in [-0.15, -0.1) is 5.10 Å². The minimum Gasteiger partial charge on any atom is -0.478 e. The molecule has 0 saturated carbocycles. The number of nitrogens with one attached hydrogen (secondary N) is 2. The van der Waals surface area contributed by atoms with Crippen molar-refractivity contribution in [1.29, 1.82) is 0 Å². The van der Waals surface area contributed by atoms with Crippen LogP contribution in [0.4, 0.5) is 35.1 Å². The molecule has 19 heteroatoms. The topological polar surface area (TPSA) is 178 Å². The highest BCUT2D eigenvalue weighted by Crippen LogP contribution is 2.23. The van der Waals surface area contributed by atoms with Crippen LogP contribution in [0.2, 0.25) is 0 Å². The number of nitrogens with two attached hydrogens (primary N) is 1. The summed E-state index contributed by atoms with van der Waals surface area (Å²) in [7, 11) is 1.24. The van der Waals surface area contributed by atoms with Crippen molar-refractivity contribution in [1.82, 2.24) is 15.6 Å². The summed E-state index contributed by atoms with van der Waals surface area (Å²) >= 11 is 0. The highest BCUT2D eigenvalue weighted by atomic mass is 19.3. The molecule has 1 amide bonds. The average Bonchev–Trinajstić information content (AvgIpc) is 3.61. The van der Waals surface area contributed by atoms with Crippen molar-refractivity contribution in [3.8, 4) is 11.5 Å². The first kappa shape index (κ1) is 42.8. The number of carboxylic acids is 1.